The zero-order valence-corrected chi connectivity index (χ0v) is 34.5. The minimum absolute atomic E-state index is 0.0153. The van der Waals surface area contributed by atoms with Gasteiger partial charge in [-0.25, -0.2) is 4.79 Å². The number of nitrogens with zero attached hydrogens (tertiary/aromatic N) is 1. The highest BCUT2D eigenvalue weighted by atomic mass is 31.2. The first-order valence-electron chi connectivity index (χ1n) is 19.3. The van der Waals surface area contributed by atoms with Crippen molar-refractivity contribution in [3.63, 3.8) is 0 Å². The second-order valence-electron chi connectivity index (χ2n) is 14.2. The summed E-state index contributed by atoms with van der Waals surface area (Å²) in [7, 11) is -3.30. The molecule has 0 radical (unpaired) electrons. The van der Waals surface area contributed by atoms with Gasteiger partial charge in [0.25, 0.3) is 5.91 Å². The molecule has 14 heteroatoms. The van der Waals surface area contributed by atoms with Crippen molar-refractivity contribution in [2.75, 3.05) is 19.9 Å². The Balaban J connectivity index is 1.41. The smallest absolute Gasteiger partial charge is 0.432 e. The van der Waals surface area contributed by atoms with Crippen LogP contribution in [-0.2, 0) is 35.7 Å². The Kier molecular flexibility index (Phi) is 16.5. The van der Waals surface area contributed by atoms with E-state index in [1.165, 1.54) is 6.07 Å². The summed E-state index contributed by atoms with van der Waals surface area (Å²) in [6.07, 6.45) is 2.77. The van der Waals surface area contributed by atoms with E-state index < -0.39 is 42.8 Å². The molecule has 4 aromatic rings. The summed E-state index contributed by atoms with van der Waals surface area (Å²) in [5.41, 5.74) is 1.46. The van der Waals surface area contributed by atoms with Crippen molar-refractivity contribution in [1.82, 2.24) is 21.0 Å². The maximum atomic E-state index is 13.7. The highest BCUT2D eigenvalue weighted by Crippen LogP contribution is 2.44. The molecule has 1 unspecified atom stereocenters. The lowest BCUT2D eigenvalue weighted by molar-refractivity contribution is -0.169. The standard InChI is InChI=1S/C43H55N4O9P/c1-7-10-13-22-36(37(8-2)47(30-48)56-42(51)46-43(4,5)33-20-16-12-17-21-33)40(49)44-29-45-41(50)39-24-23-38(55-39)32-25-34(53-9-3)27-35(26-32)57(6,52)54-28-31-18-14-11-15-19-31/h11-12,14-21,23-27,30,36-37H,7-10,13,22,28-29H2,1-6H3,(H,44,49)(H,45,50)(H,46,51)/t36-,37-,57?/m1/s1. The molecule has 57 heavy (non-hydrogen) atoms. The van der Waals surface area contributed by atoms with Crippen LogP contribution >= 0.6 is 7.37 Å². The molecule has 1 heterocycles. The molecule has 4 rings (SSSR count). The van der Waals surface area contributed by atoms with Crippen molar-refractivity contribution in [2.24, 2.45) is 5.92 Å². The lowest BCUT2D eigenvalue weighted by Crippen LogP contribution is -2.51. The average Bonchev–Trinajstić information content (AvgIpc) is 3.71. The van der Waals surface area contributed by atoms with Crippen LogP contribution in [0.2, 0.25) is 0 Å². The lowest BCUT2D eigenvalue weighted by Gasteiger charge is -2.33. The fraction of sp³-hybridized carbons (Fsp3) is 0.395. The first-order chi connectivity index (χ1) is 27.3. The summed E-state index contributed by atoms with van der Waals surface area (Å²) >= 11 is 0. The maximum absolute atomic E-state index is 13.7. The van der Waals surface area contributed by atoms with Crippen molar-refractivity contribution >= 4 is 37.0 Å². The molecule has 3 aromatic carbocycles. The fourth-order valence-electron chi connectivity index (χ4n) is 6.32. The zero-order chi connectivity index (χ0) is 41.4. The predicted molar refractivity (Wildman–Crippen MR) is 219 cm³/mol. The monoisotopic (exact) mass is 802 g/mol. The number of rotatable bonds is 22. The predicted octanol–water partition coefficient (Wildman–Crippen LogP) is 7.91. The first kappa shape index (κ1) is 44.3. The largest absolute Gasteiger partial charge is 0.494 e. The Hall–Kier alpha value is -5.39. The molecule has 3 N–H and O–H groups in total. The second kappa shape index (κ2) is 21.2. The Labute approximate surface area is 335 Å². The SMILES string of the molecule is CCCCC[C@@H](C(=O)NCNC(=O)c1ccc(-c2cc(OCC)cc(P(C)(=O)OCc3ccccc3)c2)o1)[C@@H](CC)N(C=O)OC(=O)NC(C)(C)c1ccccc1. The summed E-state index contributed by atoms with van der Waals surface area (Å²) in [5.74, 6) is -0.959. The Bertz CT molecular complexity index is 1970. The number of hydroxylamine groups is 2. The molecule has 0 fully saturated rings. The number of carbonyl (C=O) groups excluding carboxylic acids is 4. The molecular formula is C43H55N4O9P. The first-order valence-corrected chi connectivity index (χ1v) is 21.4. The van der Waals surface area contributed by atoms with E-state index in [1.54, 1.807) is 37.9 Å². The van der Waals surface area contributed by atoms with Crippen LogP contribution in [0.5, 0.6) is 5.75 Å². The molecule has 0 aliphatic carbocycles. The van der Waals surface area contributed by atoms with Crippen LogP contribution < -0.4 is 26.0 Å². The summed E-state index contributed by atoms with van der Waals surface area (Å²) in [6.45, 7) is 11.2. The molecule has 306 valence electrons. The minimum Gasteiger partial charge on any atom is -0.494 e. The highest BCUT2D eigenvalue weighted by molar-refractivity contribution is 7.66. The summed E-state index contributed by atoms with van der Waals surface area (Å²) in [5, 5.41) is 9.53. The molecule has 0 bridgehead atoms. The molecule has 0 aliphatic rings. The van der Waals surface area contributed by atoms with Crippen molar-refractivity contribution in [2.45, 2.75) is 84.9 Å². The van der Waals surface area contributed by atoms with Gasteiger partial charge in [0.2, 0.25) is 19.7 Å². The molecule has 0 saturated carbocycles. The van der Waals surface area contributed by atoms with Gasteiger partial charge in [0.1, 0.15) is 11.5 Å². The molecule has 3 atom stereocenters. The van der Waals surface area contributed by atoms with E-state index in [0.29, 0.717) is 54.7 Å². The van der Waals surface area contributed by atoms with Gasteiger partial charge >= 0.3 is 6.09 Å². The van der Waals surface area contributed by atoms with Crippen LogP contribution in [0.3, 0.4) is 0 Å². The van der Waals surface area contributed by atoms with Crippen LogP contribution in [0.1, 0.15) is 88.4 Å². The number of ether oxygens (including phenoxy) is 1. The summed E-state index contributed by atoms with van der Waals surface area (Å²) in [4.78, 5) is 57.6. The van der Waals surface area contributed by atoms with Gasteiger partial charge in [-0.15, -0.1) is 0 Å². The molecule has 4 amide bonds. The second-order valence-corrected chi connectivity index (χ2v) is 16.6. The van der Waals surface area contributed by atoms with Crippen LogP contribution in [0.25, 0.3) is 11.3 Å². The average molecular weight is 803 g/mol. The van der Waals surface area contributed by atoms with Crippen LogP contribution in [0.15, 0.2) is 95.4 Å². The number of furan rings is 1. The number of hydrogen-bond acceptors (Lipinski definition) is 9. The van der Waals surface area contributed by atoms with E-state index in [0.717, 1.165) is 29.0 Å². The number of unbranched alkanes of at least 4 members (excludes halogenated alkanes) is 2. The van der Waals surface area contributed by atoms with Gasteiger partial charge in [-0.1, -0.05) is 93.8 Å². The van der Waals surface area contributed by atoms with Gasteiger partial charge < -0.3 is 34.5 Å². The Morgan fingerprint density at radius 3 is 2.26 bits per heavy atom. The number of nitrogens with one attached hydrogen (secondary N) is 3. The minimum atomic E-state index is -3.30. The van der Waals surface area contributed by atoms with Gasteiger partial charge in [-0.2, -0.15) is 5.06 Å². The van der Waals surface area contributed by atoms with E-state index in [4.69, 9.17) is 18.5 Å². The number of hydrogen-bond donors (Lipinski definition) is 3. The van der Waals surface area contributed by atoms with Crippen LogP contribution in [-0.4, -0.2) is 55.4 Å². The quantitative estimate of drug-likeness (QED) is 0.0235. The molecule has 1 aromatic heterocycles. The Morgan fingerprint density at radius 1 is 0.912 bits per heavy atom. The van der Waals surface area contributed by atoms with Gasteiger partial charge in [0.05, 0.1) is 37.4 Å². The molecule has 0 aliphatic heterocycles. The number of amides is 4. The fourth-order valence-corrected chi connectivity index (χ4v) is 7.60. The van der Waals surface area contributed by atoms with Gasteiger partial charge in [0.15, 0.2) is 5.76 Å². The van der Waals surface area contributed by atoms with Gasteiger partial charge in [-0.3, -0.25) is 18.9 Å². The molecule has 0 spiro atoms. The maximum Gasteiger partial charge on any atom is 0.432 e. The molecule has 0 saturated heterocycles. The number of carbonyl (C=O) groups is 4. The zero-order valence-electron chi connectivity index (χ0n) is 33.6. The Morgan fingerprint density at radius 2 is 1.61 bits per heavy atom. The van der Waals surface area contributed by atoms with Crippen molar-refractivity contribution in [3.8, 4) is 17.1 Å². The van der Waals surface area contributed by atoms with E-state index in [2.05, 4.69) is 16.0 Å². The summed E-state index contributed by atoms with van der Waals surface area (Å²) in [6, 6.07) is 26.2. The third kappa shape index (κ3) is 12.8. The van der Waals surface area contributed by atoms with E-state index in [1.807, 2.05) is 88.4 Å². The van der Waals surface area contributed by atoms with Crippen molar-refractivity contribution in [3.05, 3.63) is 108 Å². The van der Waals surface area contributed by atoms with Gasteiger partial charge in [-0.05, 0) is 75.1 Å². The lowest BCUT2D eigenvalue weighted by atomic mass is 9.90. The third-order valence-electron chi connectivity index (χ3n) is 9.48. The van der Waals surface area contributed by atoms with E-state index in [9.17, 15) is 23.7 Å². The van der Waals surface area contributed by atoms with E-state index in [-0.39, 0.29) is 19.0 Å². The van der Waals surface area contributed by atoms with Crippen LogP contribution in [0.4, 0.5) is 4.79 Å². The highest BCUT2D eigenvalue weighted by Gasteiger charge is 2.34. The topological polar surface area (TPSA) is 166 Å². The molecular weight excluding hydrogens is 747 g/mol. The summed E-state index contributed by atoms with van der Waals surface area (Å²) < 4.78 is 31.3. The third-order valence-corrected chi connectivity index (χ3v) is 11.3. The van der Waals surface area contributed by atoms with E-state index >= 15 is 0 Å². The van der Waals surface area contributed by atoms with Crippen LogP contribution in [0, 0.1) is 5.92 Å². The van der Waals surface area contributed by atoms with Crippen molar-refractivity contribution in [1.29, 1.82) is 0 Å². The normalized spacial score (nSPS) is 13.4. The van der Waals surface area contributed by atoms with Crippen molar-refractivity contribution < 1.29 is 42.3 Å². The number of benzene rings is 3. The van der Waals surface area contributed by atoms with Gasteiger partial charge in [0, 0.05) is 17.5 Å². The molecule has 13 nitrogen and oxygen atoms in total.